The van der Waals surface area contributed by atoms with E-state index in [0.29, 0.717) is 24.4 Å². The van der Waals surface area contributed by atoms with Gasteiger partial charge in [0, 0.05) is 19.5 Å². The first kappa shape index (κ1) is 14.6. The topological polar surface area (TPSA) is 83.6 Å². The Morgan fingerprint density at radius 2 is 2.35 bits per heavy atom. The number of aryl methyl sites for hydroxylation is 1. The van der Waals surface area contributed by atoms with Crippen molar-refractivity contribution < 1.29 is 19.2 Å². The molecular weight excluding hydrogens is 260 g/mol. The average molecular weight is 280 g/mol. The lowest BCUT2D eigenvalue weighted by Crippen LogP contribution is -2.42. The van der Waals surface area contributed by atoms with Crippen LogP contribution in [0.5, 0.6) is 0 Å². The van der Waals surface area contributed by atoms with E-state index in [4.69, 9.17) is 9.63 Å². The van der Waals surface area contributed by atoms with Crippen LogP contribution in [0, 0.1) is 18.8 Å². The minimum Gasteiger partial charge on any atom is -0.481 e. The van der Waals surface area contributed by atoms with Crippen molar-refractivity contribution in [3.63, 3.8) is 0 Å². The van der Waals surface area contributed by atoms with Gasteiger partial charge >= 0.3 is 5.97 Å². The van der Waals surface area contributed by atoms with Gasteiger partial charge in [0.15, 0.2) is 0 Å². The quantitative estimate of drug-likeness (QED) is 0.911. The van der Waals surface area contributed by atoms with Crippen LogP contribution in [0.1, 0.15) is 42.3 Å². The Labute approximate surface area is 117 Å². The van der Waals surface area contributed by atoms with Gasteiger partial charge in [-0.15, -0.1) is 0 Å². The van der Waals surface area contributed by atoms with Gasteiger partial charge < -0.3 is 14.5 Å². The molecule has 1 saturated heterocycles. The maximum Gasteiger partial charge on any atom is 0.303 e. The number of carbonyl (C=O) groups excluding carboxylic acids is 1. The summed E-state index contributed by atoms with van der Waals surface area (Å²) in [6.45, 7) is 4.98. The molecule has 110 valence electrons. The molecule has 2 atom stereocenters. The molecule has 0 spiro atoms. The number of rotatable bonds is 4. The van der Waals surface area contributed by atoms with E-state index in [-0.39, 0.29) is 24.2 Å². The first-order valence-corrected chi connectivity index (χ1v) is 6.91. The fourth-order valence-electron chi connectivity index (χ4n) is 2.78. The van der Waals surface area contributed by atoms with Crippen LogP contribution >= 0.6 is 0 Å². The summed E-state index contributed by atoms with van der Waals surface area (Å²) in [4.78, 5) is 25.0. The Balaban J connectivity index is 2.02. The summed E-state index contributed by atoms with van der Waals surface area (Å²) >= 11 is 0. The van der Waals surface area contributed by atoms with Crippen LogP contribution in [-0.2, 0) is 4.79 Å². The van der Waals surface area contributed by atoms with Gasteiger partial charge in [0.1, 0.15) is 11.3 Å². The van der Waals surface area contributed by atoms with Crippen molar-refractivity contribution in [1.82, 2.24) is 10.1 Å². The number of piperidine rings is 1. The van der Waals surface area contributed by atoms with Crippen LogP contribution < -0.4 is 0 Å². The summed E-state index contributed by atoms with van der Waals surface area (Å²) in [6.07, 6.45) is 3.48. The van der Waals surface area contributed by atoms with Gasteiger partial charge in [-0.3, -0.25) is 9.59 Å². The van der Waals surface area contributed by atoms with E-state index in [0.717, 1.165) is 12.8 Å². The fourth-order valence-corrected chi connectivity index (χ4v) is 2.78. The van der Waals surface area contributed by atoms with Crippen LogP contribution in [-0.4, -0.2) is 40.1 Å². The number of aliphatic carboxylic acids is 1. The monoisotopic (exact) mass is 280 g/mol. The van der Waals surface area contributed by atoms with Crippen LogP contribution in [0.2, 0.25) is 0 Å². The Kier molecular flexibility index (Phi) is 4.42. The largest absolute Gasteiger partial charge is 0.481 e. The lowest BCUT2D eigenvalue weighted by Gasteiger charge is -2.35. The third kappa shape index (κ3) is 3.18. The summed E-state index contributed by atoms with van der Waals surface area (Å²) in [7, 11) is 0. The highest BCUT2D eigenvalue weighted by molar-refractivity contribution is 5.94. The van der Waals surface area contributed by atoms with E-state index in [9.17, 15) is 9.59 Å². The van der Waals surface area contributed by atoms with Gasteiger partial charge in [0.25, 0.3) is 5.91 Å². The molecule has 1 fully saturated rings. The molecule has 2 rings (SSSR count). The molecule has 1 aromatic heterocycles. The Bertz CT molecular complexity index is 497. The highest BCUT2D eigenvalue weighted by Crippen LogP contribution is 2.27. The molecule has 1 aliphatic heterocycles. The number of nitrogens with zero attached hydrogens (tertiary/aromatic N) is 2. The maximum absolute atomic E-state index is 12.4. The van der Waals surface area contributed by atoms with E-state index in [2.05, 4.69) is 5.16 Å². The van der Waals surface area contributed by atoms with E-state index >= 15 is 0 Å². The SMILES string of the molecule is Cc1oncc1C(=O)N1CCCC(C(C)CC(=O)O)C1. The predicted molar refractivity (Wildman–Crippen MR) is 71.3 cm³/mol. The summed E-state index contributed by atoms with van der Waals surface area (Å²) in [5.41, 5.74) is 0.497. The smallest absolute Gasteiger partial charge is 0.303 e. The van der Waals surface area contributed by atoms with E-state index < -0.39 is 5.97 Å². The van der Waals surface area contributed by atoms with E-state index in [1.54, 1.807) is 11.8 Å². The normalized spacial score (nSPS) is 20.7. The number of likely N-dealkylation sites (tertiary alicyclic amines) is 1. The second-order valence-corrected chi connectivity index (χ2v) is 5.52. The zero-order chi connectivity index (χ0) is 14.7. The molecule has 2 unspecified atom stereocenters. The average Bonchev–Trinajstić information content (AvgIpc) is 2.83. The van der Waals surface area contributed by atoms with Crippen molar-refractivity contribution in [3.05, 3.63) is 17.5 Å². The van der Waals surface area contributed by atoms with Crippen LogP contribution in [0.15, 0.2) is 10.7 Å². The van der Waals surface area contributed by atoms with Gasteiger partial charge in [0.2, 0.25) is 0 Å². The van der Waals surface area contributed by atoms with Crippen molar-refractivity contribution in [2.75, 3.05) is 13.1 Å². The lowest BCUT2D eigenvalue weighted by atomic mass is 9.84. The predicted octanol–water partition coefficient (Wildman–Crippen LogP) is 1.95. The van der Waals surface area contributed by atoms with Gasteiger partial charge in [0.05, 0.1) is 6.20 Å². The van der Waals surface area contributed by atoms with Crippen LogP contribution in [0.3, 0.4) is 0 Å². The highest BCUT2D eigenvalue weighted by atomic mass is 16.5. The van der Waals surface area contributed by atoms with E-state index in [1.807, 2.05) is 6.92 Å². The summed E-state index contributed by atoms with van der Waals surface area (Å²) < 4.78 is 4.93. The van der Waals surface area contributed by atoms with Crippen LogP contribution in [0.4, 0.5) is 0 Å². The Morgan fingerprint density at radius 1 is 1.60 bits per heavy atom. The zero-order valence-corrected chi connectivity index (χ0v) is 11.8. The number of carbonyl (C=O) groups is 2. The molecule has 2 heterocycles. The molecule has 1 aromatic rings. The molecular formula is C14H20N2O4. The molecule has 0 aliphatic carbocycles. The van der Waals surface area contributed by atoms with Gasteiger partial charge in [-0.05, 0) is 31.6 Å². The summed E-state index contributed by atoms with van der Waals surface area (Å²) in [5, 5.41) is 12.5. The molecule has 6 nitrogen and oxygen atoms in total. The molecule has 0 bridgehead atoms. The number of amides is 1. The van der Waals surface area contributed by atoms with Crippen molar-refractivity contribution in [1.29, 1.82) is 0 Å². The third-order valence-electron chi connectivity index (χ3n) is 4.03. The molecule has 20 heavy (non-hydrogen) atoms. The Hall–Kier alpha value is -1.85. The first-order valence-electron chi connectivity index (χ1n) is 6.91. The molecule has 1 amide bonds. The zero-order valence-electron chi connectivity index (χ0n) is 11.8. The first-order chi connectivity index (χ1) is 9.49. The van der Waals surface area contributed by atoms with Crippen molar-refractivity contribution in [2.45, 2.75) is 33.1 Å². The fraction of sp³-hybridized carbons (Fsp3) is 0.643. The second-order valence-electron chi connectivity index (χ2n) is 5.52. The third-order valence-corrected chi connectivity index (χ3v) is 4.03. The standard InChI is InChI=1S/C14H20N2O4/c1-9(6-13(17)18)11-4-3-5-16(8-11)14(19)12-7-15-20-10(12)2/h7,9,11H,3-6,8H2,1-2H3,(H,17,18). The molecule has 0 saturated carbocycles. The van der Waals surface area contributed by atoms with Gasteiger partial charge in [-0.2, -0.15) is 0 Å². The van der Waals surface area contributed by atoms with Crippen molar-refractivity contribution in [3.8, 4) is 0 Å². The summed E-state index contributed by atoms with van der Waals surface area (Å²) in [5.74, 6) is -0.0156. The molecule has 1 N–H and O–H groups in total. The minimum absolute atomic E-state index is 0.0732. The number of carboxylic acids is 1. The lowest BCUT2D eigenvalue weighted by molar-refractivity contribution is -0.138. The summed E-state index contributed by atoms with van der Waals surface area (Å²) in [6, 6.07) is 0. The number of aromatic nitrogens is 1. The minimum atomic E-state index is -0.782. The Morgan fingerprint density at radius 3 is 2.95 bits per heavy atom. The molecule has 1 aliphatic rings. The van der Waals surface area contributed by atoms with Crippen molar-refractivity contribution in [2.24, 2.45) is 11.8 Å². The number of carboxylic acid groups (broad SMARTS) is 1. The number of hydrogen-bond acceptors (Lipinski definition) is 4. The molecule has 0 radical (unpaired) electrons. The van der Waals surface area contributed by atoms with Gasteiger partial charge in [-0.25, -0.2) is 0 Å². The van der Waals surface area contributed by atoms with Crippen LogP contribution in [0.25, 0.3) is 0 Å². The van der Waals surface area contributed by atoms with Crippen molar-refractivity contribution >= 4 is 11.9 Å². The number of hydrogen-bond donors (Lipinski definition) is 1. The van der Waals surface area contributed by atoms with Gasteiger partial charge in [-0.1, -0.05) is 12.1 Å². The second kappa shape index (κ2) is 6.07. The molecule has 0 aromatic carbocycles. The highest BCUT2D eigenvalue weighted by Gasteiger charge is 2.30. The maximum atomic E-state index is 12.4. The van der Waals surface area contributed by atoms with E-state index in [1.165, 1.54) is 6.20 Å². The molecule has 6 heteroatoms.